The number of aliphatic hydroxyl groups is 2. The van der Waals surface area contributed by atoms with Gasteiger partial charge in [0.25, 0.3) is 0 Å². The SMILES string of the molecule is O=S1(=O)Oc2ccccc2C(O)=C1C(C1=C(O)c2ccccc2OS1(=O)=O)c1ccccc1. The smallest absolute Gasteiger partial charge is 0.340 e. The summed E-state index contributed by atoms with van der Waals surface area (Å²) in [5, 5.41) is 22.1. The van der Waals surface area contributed by atoms with Gasteiger partial charge in [0.1, 0.15) is 21.3 Å². The Bertz CT molecular complexity index is 1450. The molecular formula is C23H16O8S2. The fourth-order valence-corrected chi connectivity index (χ4v) is 6.72. The first-order valence-corrected chi connectivity index (χ1v) is 12.5. The lowest BCUT2D eigenvalue weighted by Crippen LogP contribution is -2.30. The Kier molecular flexibility index (Phi) is 4.73. The first-order valence-electron chi connectivity index (χ1n) is 9.70. The van der Waals surface area contributed by atoms with E-state index in [4.69, 9.17) is 8.37 Å². The summed E-state index contributed by atoms with van der Waals surface area (Å²) in [7, 11) is -9.34. The molecule has 10 heteroatoms. The van der Waals surface area contributed by atoms with Gasteiger partial charge in [0, 0.05) is 0 Å². The van der Waals surface area contributed by atoms with Crippen LogP contribution in [0.3, 0.4) is 0 Å². The van der Waals surface area contributed by atoms with Gasteiger partial charge in [-0.15, -0.1) is 0 Å². The van der Waals surface area contributed by atoms with Crippen LogP contribution in [-0.4, -0.2) is 27.0 Å². The maximum absolute atomic E-state index is 13.2. The molecular weight excluding hydrogens is 468 g/mol. The summed E-state index contributed by atoms with van der Waals surface area (Å²) >= 11 is 0. The number of hydrogen-bond acceptors (Lipinski definition) is 8. The number of allylic oxidation sites excluding steroid dienone is 2. The Morgan fingerprint density at radius 1 is 0.576 bits per heavy atom. The average molecular weight is 485 g/mol. The molecule has 0 atom stereocenters. The molecule has 2 N–H and O–H groups in total. The van der Waals surface area contributed by atoms with Crippen molar-refractivity contribution in [1.82, 2.24) is 0 Å². The van der Waals surface area contributed by atoms with Crippen LogP contribution in [0.2, 0.25) is 0 Å². The van der Waals surface area contributed by atoms with Crippen molar-refractivity contribution in [2.45, 2.75) is 5.92 Å². The van der Waals surface area contributed by atoms with Gasteiger partial charge >= 0.3 is 20.2 Å². The van der Waals surface area contributed by atoms with E-state index in [1.165, 1.54) is 48.5 Å². The molecule has 0 unspecified atom stereocenters. The van der Waals surface area contributed by atoms with Gasteiger partial charge in [0.05, 0.1) is 17.0 Å². The van der Waals surface area contributed by atoms with Crippen molar-refractivity contribution in [3.8, 4) is 11.5 Å². The van der Waals surface area contributed by atoms with Crippen LogP contribution in [0, 0.1) is 0 Å². The largest absolute Gasteiger partial charge is 0.506 e. The maximum Gasteiger partial charge on any atom is 0.340 e. The molecule has 3 aromatic rings. The summed E-state index contributed by atoms with van der Waals surface area (Å²) in [6, 6.07) is 19.6. The fraction of sp³-hybridized carbons (Fsp3) is 0.0435. The van der Waals surface area contributed by atoms with Gasteiger partial charge in [-0.2, -0.15) is 16.8 Å². The van der Waals surface area contributed by atoms with Gasteiger partial charge in [-0.05, 0) is 29.8 Å². The molecule has 2 aliphatic heterocycles. The van der Waals surface area contributed by atoms with Crippen molar-refractivity contribution in [2.24, 2.45) is 0 Å². The Balaban J connectivity index is 1.89. The van der Waals surface area contributed by atoms with Crippen LogP contribution in [-0.2, 0) is 20.2 Å². The molecule has 0 saturated heterocycles. The van der Waals surface area contributed by atoms with E-state index in [1.54, 1.807) is 30.3 Å². The third-order valence-corrected chi connectivity index (χ3v) is 8.08. The molecule has 0 aliphatic carbocycles. The summed E-state index contributed by atoms with van der Waals surface area (Å²) < 4.78 is 63.1. The van der Waals surface area contributed by atoms with Crippen LogP contribution in [0.5, 0.6) is 11.5 Å². The van der Waals surface area contributed by atoms with Gasteiger partial charge < -0.3 is 18.6 Å². The van der Waals surface area contributed by atoms with Gasteiger partial charge in [0.15, 0.2) is 11.5 Å². The second-order valence-electron chi connectivity index (χ2n) is 7.34. The number of para-hydroxylation sites is 2. The van der Waals surface area contributed by atoms with E-state index < -0.39 is 47.5 Å². The minimum atomic E-state index is -4.67. The molecule has 8 nitrogen and oxygen atoms in total. The van der Waals surface area contributed by atoms with Gasteiger partial charge in [-0.3, -0.25) is 0 Å². The van der Waals surface area contributed by atoms with Crippen LogP contribution >= 0.6 is 0 Å². The van der Waals surface area contributed by atoms with Gasteiger partial charge in [-0.25, -0.2) is 0 Å². The third-order valence-electron chi connectivity index (χ3n) is 5.35. The topological polar surface area (TPSA) is 127 Å². The zero-order valence-electron chi connectivity index (χ0n) is 16.7. The summed E-state index contributed by atoms with van der Waals surface area (Å²) in [4.78, 5) is -1.44. The molecule has 0 radical (unpaired) electrons. The Hall–Kier alpha value is -3.76. The molecule has 2 heterocycles. The summed E-state index contributed by atoms with van der Waals surface area (Å²) in [5.74, 6) is -3.21. The van der Waals surface area contributed by atoms with Crippen LogP contribution < -0.4 is 8.37 Å². The minimum absolute atomic E-state index is 0.0675. The molecule has 0 spiro atoms. The molecule has 2 aliphatic rings. The van der Waals surface area contributed by atoms with E-state index >= 15 is 0 Å². The lowest BCUT2D eigenvalue weighted by atomic mass is 9.93. The Morgan fingerprint density at radius 3 is 1.42 bits per heavy atom. The minimum Gasteiger partial charge on any atom is -0.506 e. The lowest BCUT2D eigenvalue weighted by Gasteiger charge is -2.30. The van der Waals surface area contributed by atoms with E-state index in [0.29, 0.717) is 0 Å². The molecule has 3 aromatic carbocycles. The molecule has 0 fully saturated rings. The Morgan fingerprint density at radius 2 is 0.970 bits per heavy atom. The van der Waals surface area contributed by atoms with Crippen molar-refractivity contribution in [3.63, 3.8) is 0 Å². The molecule has 5 rings (SSSR count). The van der Waals surface area contributed by atoms with Crippen LogP contribution in [0.4, 0.5) is 0 Å². The van der Waals surface area contributed by atoms with Crippen LogP contribution in [0.15, 0.2) is 88.7 Å². The number of hydrogen-bond donors (Lipinski definition) is 2. The summed E-state index contributed by atoms with van der Waals surface area (Å²) in [5.41, 5.74) is 0.314. The highest BCUT2D eigenvalue weighted by Crippen LogP contribution is 2.49. The number of aliphatic hydroxyl groups excluding tert-OH is 2. The van der Waals surface area contributed by atoms with Crippen molar-refractivity contribution >= 4 is 31.8 Å². The van der Waals surface area contributed by atoms with Crippen LogP contribution in [0.1, 0.15) is 22.6 Å². The van der Waals surface area contributed by atoms with Crippen LogP contribution in [0.25, 0.3) is 11.5 Å². The van der Waals surface area contributed by atoms with Crippen molar-refractivity contribution in [2.75, 3.05) is 0 Å². The molecule has 0 saturated carbocycles. The highest BCUT2D eigenvalue weighted by atomic mass is 32.2. The average Bonchev–Trinajstić information content (AvgIpc) is 2.77. The number of fused-ring (bicyclic) bond motifs is 2. The molecule has 33 heavy (non-hydrogen) atoms. The van der Waals surface area contributed by atoms with E-state index in [9.17, 15) is 27.0 Å². The lowest BCUT2D eigenvalue weighted by molar-refractivity contribution is 0.454. The second kappa shape index (κ2) is 7.39. The van der Waals surface area contributed by atoms with Crippen molar-refractivity contribution < 1.29 is 35.4 Å². The maximum atomic E-state index is 13.2. The number of rotatable bonds is 3. The zero-order valence-corrected chi connectivity index (χ0v) is 18.4. The molecule has 0 aromatic heterocycles. The summed E-state index contributed by atoms with van der Waals surface area (Å²) in [6.07, 6.45) is 0. The molecule has 0 amide bonds. The summed E-state index contributed by atoms with van der Waals surface area (Å²) in [6.45, 7) is 0. The first-order chi connectivity index (χ1) is 15.7. The molecule has 0 bridgehead atoms. The van der Waals surface area contributed by atoms with E-state index in [2.05, 4.69) is 0 Å². The highest BCUT2D eigenvalue weighted by Gasteiger charge is 2.47. The van der Waals surface area contributed by atoms with Crippen molar-refractivity contribution in [1.29, 1.82) is 0 Å². The predicted octanol–water partition coefficient (Wildman–Crippen LogP) is 4.07. The van der Waals surface area contributed by atoms with Gasteiger partial charge in [0.2, 0.25) is 0 Å². The third kappa shape index (κ3) is 3.35. The van der Waals surface area contributed by atoms with Crippen molar-refractivity contribution in [3.05, 3.63) is 105 Å². The van der Waals surface area contributed by atoms with Gasteiger partial charge in [-0.1, -0.05) is 54.6 Å². The fourth-order valence-electron chi connectivity index (χ4n) is 3.93. The highest BCUT2D eigenvalue weighted by molar-refractivity contribution is 7.92. The Labute approximate surface area is 189 Å². The number of benzene rings is 3. The zero-order chi connectivity index (χ0) is 23.4. The monoisotopic (exact) mass is 484 g/mol. The van der Waals surface area contributed by atoms with E-state index in [-0.39, 0.29) is 28.2 Å². The first kappa shape index (κ1) is 21.1. The predicted molar refractivity (Wildman–Crippen MR) is 120 cm³/mol. The second-order valence-corrected chi connectivity index (χ2v) is 10.4. The quantitative estimate of drug-likeness (QED) is 0.533. The normalized spacial score (nSPS) is 18.2. The standard InChI is InChI=1S/C23H16O8S2/c24-20-15-10-4-6-12-17(15)30-32(26,27)22(20)19(14-8-2-1-3-9-14)23-21(25)16-11-5-7-13-18(16)31-33(23,28)29/h1-13,19,24-25H. The molecule has 168 valence electrons. The van der Waals surface area contributed by atoms with E-state index in [1.807, 2.05) is 0 Å². The van der Waals surface area contributed by atoms with E-state index in [0.717, 1.165) is 0 Å².